The summed E-state index contributed by atoms with van der Waals surface area (Å²) in [6, 6.07) is 17.9. The molecule has 0 aliphatic carbocycles. The van der Waals surface area contributed by atoms with Crippen LogP contribution in [-0.4, -0.2) is 17.1 Å². The van der Waals surface area contributed by atoms with Crippen LogP contribution in [0, 0.1) is 0 Å². The lowest BCUT2D eigenvalue weighted by Gasteiger charge is -2.10. The van der Waals surface area contributed by atoms with Crippen LogP contribution in [0.1, 0.15) is 0 Å². The lowest BCUT2D eigenvalue weighted by atomic mass is 10.1. The largest absolute Gasteiger partial charge is 0.497 e. The van der Waals surface area contributed by atoms with Gasteiger partial charge in [0.1, 0.15) is 16.4 Å². The SMILES string of the molecule is COc1ccc(Nc2nc(Cl)nc3scc(-c4ccccc4)c23)cc1. The number of anilines is 2. The van der Waals surface area contributed by atoms with E-state index in [4.69, 9.17) is 16.3 Å². The first-order chi connectivity index (χ1) is 12.2. The maximum absolute atomic E-state index is 6.12. The van der Waals surface area contributed by atoms with Gasteiger partial charge in [-0.2, -0.15) is 4.98 Å². The van der Waals surface area contributed by atoms with Crippen molar-refractivity contribution < 1.29 is 4.74 Å². The van der Waals surface area contributed by atoms with E-state index in [0.717, 1.165) is 32.8 Å². The molecule has 0 atom stereocenters. The first-order valence-corrected chi connectivity index (χ1v) is 8.91. The molecule has 0 aliphatic rings. The van der Waals surface area contributed by atoms with Gasteiger partial charge in [0.05, 0.1) is 12.5 Å². The Hall–Kier alpha value is -2.63. The van der Waals surface area contributed by atoms with E-state index < -0.39 is 0 Å². The van der Waals surface area contributed by atoms with Gasteiger partial charge in [-0.1, -0.05) is 30.3 Å². The van der Waals surface area contributed by atoms with Gasteiger partial charge in [0.15, 0.2) is 0 Å². The fraction of sp³-hybridized carbons (Fsp3) is 0.0526. The zero-order chi connectivity index (χ0) is 17.2. The second kappa shape index (κ2) is 6.70. The van der Waals surface area contributed by atoms with E-state index in [1.807, 2.05) is 42.5 Å². The predicted octanol–water partition coefficient (Wildman–Crippen LogP) is 5.76. The Morgan fingerprint density at radius 1 is 1.00 bits per heavy atom. The number of benzene rings is 2. The van der Waals surface area contributed by atoms with E-state index in [9.17, 15) is 0 Å². The maximum atomic E-state index is 6.12. The number of aromatic nitrogens is 2. The average Bonchev–Trinajstić information content (AvgIpc) is 3.07. The quantitative estimate of drug-likeness (QED) is 0.465. The lowest BCUT2D eigenvalue weighted by Crippen LogP contribution is -1.97. The van der Waals surface area contributed by atoms with Crippen LogP contribution in [0.4, 0.5) is 11.5 Å². The third-order valence-corrected chi connectivity index (χ3v) is 4.89. The topological polar surface area (TPSA) is 47.0 Å². The molecule has 0 saturated carbocycles. The predicted molar refractivity (Wildman–Crippen MR) is 104 cm³/mol. The smallest absolute Gasteiger partial charge is 0.225 e. The van der Waals surface area contributed by atoms with Gasteiger partial charge >= 0.3 is 0 Å². The van der Waals surface area contributed by atoms with Crippen LogP contribution >= 0.6 is 22.9 Å². The number of rotatable bonds is 4. The number of hydrogen-bond acceptors (Lipinski definition) is 5. The number of methoxy groups -OCH3 is 1. The Bertz CT molecular complexity index is 1020. The van der Waals surface area contributed by atoms with Gasteiger partial charge in [-0.15, -0.1) is 11.3 Å². The van der Waals surface area contributed by atoms with Gasteiger partial charge in [0.25, 0.3) is 0 Å². The molecule has 0 fully saturated rings. The maximum Gasteiger partial charge on any atom is 0.225 e. The minimum Gasteiger partial charge on any atom is -0.497 e. The molecule has 2 heterocycles. The third-order valence-electron chi connectivity index (χ3n) is 3.84. The standard InChI is InChI=1S/C19H14ClN3OS/c1-24-14-9-7-13(8-10-14)21-17-16-15(12-5-3-2-4-6-12)11-25-18(16)23-19(20)22-17/h2-11H,1H3,(H,21,22,23). The van der Waals surface area contributed by atoms with Crippen molar-refractivity contribution in [1.29, 1.82) is 0 Å². The molecule has 2 aromatic carbocycles. The van der Waals surface area contributed by atoms with E-state index in [1.54, 1.807) is 18.4 Å². The van der Waals surface area contributed by atoms with Gasteiger partial charge in [-0.3, -0.25) is 0 Å². The first kappa shape index (κ1) is 15.9. The zero-order valence-electron chi connectivity index (χ0n) is 13.4. The molecule has 6 heteroatoms. The molecule has 0 aliphatic heterocycles. The molecule has 1 N–H and O–H groups in total. The Labute approximate surface area is 154 Å². The minimum atomic E-state index is 0.227. The number of hydrogen-bond donors (Lipinski definition) is 1. The Morgan fingerprint density at radius 2 is 1.76 bits per heavy atom. The average molecular weight is 368 g/mol. The van der Waals surface area contributed by atoms with Crippen LogP contribution in [0.3, 0.4) is 0 Å². The second-order valence-corrected chi connectivity index (χ2v) is 6.59. The van der Waals surface area contributed by atoms with Crippen molar-refractivity contribution in [2.75, 3.05) is 12.4 Å². The van der Waals surface area contributed by atoms with Crippen molar-refractivity contribution in [3.63, 3.8) is 0 Å². The minimum absolute atomic E-state index is 0.227. The summed E-state index contributed by atoms with van der Waals surface area (Å²) in [5.74, 6) is 1.50. The summed E-state index contributed by atoms with van der Waals surface area (Å²) in [5, 5.41) is 6.63. The second-order valence-electron chi connectivity index (χ2n) is 5.39. The first-order valence-electron chi connectivity index (χ1n) is 7.66. The molecule has 0 bridgehead atoms. The van der Waals surface area contributed by atoms with Gasteiger partial charge in [0.2, 0.25) is 5.28 Å². The molecule has 0 amide bonds. The number of ether oxygens (including phenoxy) is 1. The number of thiophene rings is 1. The molecule has 25 heavy (non-hydrogen) atoms. The van der Waals surface area contributed by atoms with Crippen LogP contribution in [0.2, 0.25) is 5.28 Å². The number of nitrogens with zero attached hydrogens (tertiary/aromatic N) is 2. The summed E-state index contributed by atoms with van der Waals surface area (Å²) in [6.07, 6.45) is 0. The van der Waals surface area contributed by atoms with Crippen molar-refractivity contribution in [2.24, 2.45) is 0 Å². The molecule has 4 nitrogen and oxygen atoms in total. The molecule has 124 valence electrons. The van der Waals surface area contributed by atoms with E-state index in [0.29, 0.717) is 5.82 Å². The molecule has 4 rings (SSSR count). The number of halogens is 1. The molecular weight excluding hydrogens is 354 g/mol. The van der Waals surface area contributed by atoms with Crippen molar-refractivity contribution in [3.05, 3.63) is 65.3 Å². The fourth-order valence-corrected chi connectivity index (χ4v) is 3.81. The summed E-state index contributed by atoms with van der Waals surface area (Å²) in [4.78, 5) is 9.64. The lowest BCUT2D eigenvalue weighted by molar-refractivity contribution is 0.415. The molecular formula is C19H14ClN3OS. The number of nitrogens with one attached hydrogen (secondary N) is 1. The highest BCUT2D eigenvalue weighted by Crippen LogP contribution is 2.38. The van der Waals surface area contributed by atoms with Crippen molar-refractivity contribution in [3.8, 4) is 16.9 Å². The Balaban J connectivity index is 1.83. The van der Waals surface area contributed by atoms with E-state index in [1.165, 1.54) is 0 Å². The van der Waals surface area contributed by atoms with Gasteiger partial charge in [-0.05, 0) is 41.4 Å². The highest BCUT2D eigenvalue weighted by atomic mass is 35.5. The van der Waals surface area contributed by atoms with Crippen molar-refractivity contribution >= 4 is 44.7 Å². The zero-order valence-corrected chi connectivity index (χ0v) is 14.9. The van der Waals surface area contributed by atoms with Gasteiger partial charge in [0, 0.05) is 16.6 Å². The molecule has 0 unspecified atom stereocenters. The Morgan fingerprint density at radius 3 is 2.48 bits per heavy atom. The number of fused-ring (bicyclic) bond motifs is 1. The van der Waals surface area contributed by atoms with Crippen LogP contribution in [0.15, 0.2) is 60.0 Å². The molecule has 0 spiro atoms. The summed E-state index contributed by atoms with van der Waals surface area (Å²) in [6.45, 7) is 0. The highest BCUT2D eigenvalue weighted by Gasteiger charge is 2.15. The highest BCUT2D eigenvalue weighted by molar-refractivity contribution is 7.17. The summed E-state index contributed by atoms with van der Waals surface area (Å²) in [5.41, 5.74) is 3.12. The van der Waals surface area contributed by atoms with Crippen LogP contribution in [-0.2, 0) is 0 Å². The summed E-state index contributed by atoms with van der Waals surface area (Å²) >= 11 is 7.68. The Kier molecular flexibility index (Phi) is 4.26. The summed E-state index contributed by atoms with van der Waals surface area (Å²) < 4.78 is 5.20. The normalized spacial score (nSPS) is 10.8. The van der Waals surface area contributed by atoms with Crippen LogP contribution < -0.4 is 10.1 Å². The molecule has 0 saturated heterocycles. The summed E-state index contributed by atoms with van der Waals surface area (Å²) in [7, 11) is 1.65. The van der Waals surface area contributed by atoms with Crippen LogP contribution in [0.5, 0.6) is 5.75 Å². The van der Waals surface area contributed by atoms with Crippen molar-refractivity contribution in [1.82, 2.24) is 9.97 Å². The van der Waals surface area contributed by atoms with E-state index >= 15 is 0 Å². The van der Waals surface area contributed by atoms with Gasteiger partial charge in [-0.25, -0.2) is 4.98 Å². The monoisotopic (exact) mass is 367 g/mol. The van der Waals surface area contributed by atoms with Gasteiger partial charge < -0.3 is 10.1 Å². The van der Waals surface area contributed by atoms with E-state index in [2.05, 4.69) is 32.8 Å². The third kappa shape index (κ3) is 3.16. The molecule has 2 aromatic heterocycles. The molecule has 0 radical (unpaired) electrons. The molecule has 4 aromatic rings. The fourth-order valence-electron chi connectivity index (χ4n) is 2.65. The van der Waals surface area contributed by atoms with E-state index in [-0.39, 0.29) is 5.28 Å². The van der Waals surface area contributed by atoms with Crippen molar-refractivity contribution in [2.45, 2.75) is 0 Å². The van der Waals surface area contributed by atoms with Crippen LogP contribution in [0.25, 0.3) is 21.3 Å².